The highest BCUT2D eigenvalue weighted by atomic mass is 16.3. The fourth-order valence-electron chi connectivity index (χ4n) is 10.1. The zero-order valence-corrected chi connectivity index (χ0v) is 35.1. The average molecular weight is 828 g/mol. The molecule has 13 aromatic rings. The molecule has 2 aromatic heterocycles. The Morgan fingerprint density at radius 3 is 1.12 bits per heavy atom. The van der Waals surface area contributed by atoms with Gasteiger partial charge in [-0.3, -0.25) is 0 Å². The lowest BCUT2D eigenvalue weighted by Crippen LogP contribution is -2.01. The first-order valence-corrected chi connectivity index (χ1v) is 22.0. The van der Waals surface area contributed by atoms with Crippen LogP contribution in [0.1, 0.15) is 0 Å². The summed E-state index contributed by atoms with van der Waals surface area (Å²) in [6.07, 6.45) is 0. The van der Waals surface area contributed by atoms with Crippen molar-refractivity contribution in [2.75, 3.05) is 0 Å². The lowest BCUT2D eigenvalue weighted by molar-refractivity contribution is 0.670. The number of aromatic nitrogens is 3. The van der Waals surface area contributed by atoms with Crippen molar-refractivity contribution in [3.63, 3.8) is 0 Å². The van der Waals surface area contributed by atoms with Gasteiger partial charge in [0.1, 0.15) is 11.2 Å². The molecule has 302 valence electrons. The van der Waals surface area contributed by atoms with E-state index in [1.807, 2.05) is 36.4 Å². The van der Waals surface area contributed by atoms with Crippen molar-refractivity contribution in [1.29, 1.82) is 0 Å². The zero-order chi connectivity index (χ0) is 42.8. The number of fused-ring (bicyclic) bond motifs is 7. The van der Waals surface area contributed by atoms with Crippen molar-refractivity contribution in [1.82, 2.24) is 15.0 Å². The molecule has 0 unspecified atom stereocenters. The van der Waals surface area contributed by atoms with Crippen LogP contribution in [0.3, 0.4) is 0 Å². The molecule has 4 heteroatoms. The molecule has 0 saturated carbocycles. The van der Waals surface area contributed by atoms with Crippen LogP contribution < -0.4 is 0 Å². The SMILES string of the molecule is c1ccc(-c2nc(-c3ccccc3)nc(-c3c4ccccc4c(-c4ccc5c(c4)oc4c(-c6c7ccccc7c(-c7ccccc7)c7ccccc67)cccc45)c4ccccc34)n2)cc1. The first kappa shape index (κ1) is 36.9. The lowest BCUT2D eigenvalue weighted by Gasteiger charge is -2.17. The largest absolute Gasteiger partial charge is 0.455 e. The van der Waals surface area contributed by atoms with Crippen LogP contribution in [-0.2, 0) is 0 Å². The van der Waals surface area contributed by atoms with E-state index in [0.717, 1.165) is 76.9 Å². The van der Waals surface area contributed by atoms with E-state index in [1.165, 1.54) is 38.2 Å². The maximum atomic E-state index is 7.11. The Bertz CT molecular complexity index is 3820. The summed E-state index contributed by atoms with van der Waals surface area (Å²) in [6, 6.07) is 79.2. The highest BCUT2D eigenvalue weighted by molar-refractivity contribution is 6.25. The Hall–Kier alpha value is -8.73. The van der Waals surface area contributed by atoms with Crippen LogP contribution in [0, 0.1) is 0 Å². The van der Waals surface area contributed by atoms with Gasteiger partial charge in [0.2, 0.25) is 0 Å². The van der Waals surface area contributed by atoms with Gasteiger partial charge in [0.05, 0.1) is 0 Å². The van der Waals surface area contributed by atoms with Gasteiger partial charge in [-0.1, -0.05) is 212 Å². The second kappa shape index (κ2) is 15.0. The highest BCUT2D eigenvalue weighted by Crippen LogP contribution is 2.48. The summed E-state index contributed by atoms with van der Waals surface area (Å²) in [6.45, 7) is 0. The molecule has 0 radical (unpaired) electrons. The van der Waals surface area contributed by atoms with Crippen LogP contribution in [-0.4, -0.2) is 15.0 Å². The van der Waals surface area contributed by atoms with Crippen molar-refractivity contribution in [3.05, 3.63) is 224 Å². The third-order valence-corrected chi connectivity index (χ3v) is 12.9. The van der Waals surface area contributed by atoms with Crippen molar-refractivity contribution in [2.45, 2.75) is 0 Å². The second-order valence-electron chi connectivity index (χ2n) is 16.6. The molecule has 2 heterocycles. The van der Waals surface area contributed by atoms with Crippen molar-refractivity contribution in [3.8, 4) is 67.5 Å². The van der Waals surface area contributed by atoms with Gasteiger partial charge in [0, 0.05) is 38.6 Å². The Kier molecular flexibility index (Phi) is 8.50. The van der Waals surface area contributed by atoms with Gasteiger partial charge in [0.25, 0.3) is 0 Å². The third-order valence-electron chi connectivity index (χ3n) is 12.9. The summed E-state index contributed by atoms with van der Waals surface area (Å²) < 4.78 is 7.11. The van der Waals surface area contributed by atoms with E-state index in [4.69, 9.17) is 19.4 Å². The van der Waals surface area contributed by atoms with Gasteiger partial charge >= 0.3 is 0 Å². The average Bonchev–Trinajstić information content (AvgIpc) is 3.76. The van der Waals surface area contributed by atoms with Crippen LogP contribution in [0.4, 0.5) is 0 Å². The quantitative estimate of drug-likeness (QED) is 0.157. The van der Waals surface area contributed by atoms with Crippen LogP contribution in [0.15, 0.2) is 229 Å². The molecule has 0 N–H and O–H groups in total. The Labute approximate surface area is 374 Å². The van der Waals surface area contributed by atoms with Gasteiger partial charge in [-0.2, -0.15) is 0 Å². The normalized spacial score (nSPS) is 11.7. The highest BCUT2D eigenvalue weighted by Gasteiger charge is 2.23. The number of rotatable bonds is 6. The second-order valence-corrected chi connectivity index (χ2v) is 16.6. The van der Waals surface area contributed by atoms with Gasteiger partial charge in [0.15, 0.2) is 17.5 Å². The van der Waals surface area contributed by atoms with Gasteiger partial charge in [-0.15, -0.1) is 0 Å². The number of para-hydroxylation sites is 1. The summed E-state index contributed by atoms with van der Waals surface area (Å²) in [5.74, 6) is 1.90. The molecule has 0 saturated heterocycles. The molecular formula is C61H37N3O. The first-order valence-electron chi connectivity index (χ1n) is 22.0. The molecule has 65 heavy (non-hydrogen) atoms. The molecular weight excluding hydrogens is 791 g/mol. The summed E-state index contributed by atoms with van der Waals surface area (Å²) >= 11 is 0. The van der Waals surface area contributed by atoms with E-state index in [2.05, 4.69) is 188 Å². The minimum Gasteiger partial charge on any atom is -0.455 e. The van der Waals surface area contributed by atoms with Crippen LogP contribution in [0.5, 0.6) is 0 Å². The molecule has 0 aliphatic rings. The molecule has 0 aliphatic carbocycles. The Morgan fingerprint density at radius 1 is 0.246 bits per heavy atom. The van der Waals surface area contributed by atoms with Gasteiger partial charge < -0.3 is 4.42 Å². The minimum atomic E-state index is 0.633. The topological polar surface area (TPSA) is 51.8 Å². The van der Waals surface area contributed by atoms with E-state index in [1.54, 1.807) is 0 Å². The predicted octanol–water partition coefficient (Wildman–Crippen LogP) is 16.4. The summed E-state index contributed by atoms with van der Waals surface area (Å²) in [4.78, 5) is 15.5. The maximum Gasteiger partial charge on any atom is 0.165 e. The summed E-state index contributed by atoms with van der Waals surface area (Å²) in [5.41, 5.74) is 11.5. The van der Waals surface area contributed by atoms with Crippen molar-refractivity contribution >= 4 is 65.0 Å². The smallest absolute Gasteiger partial charge is 0.165 e. The van der Waals surface area contributed by atoms with E-state index in [0.29, 0.717) is 17.5 Å². The molecule has 0 spiro atoms. The van der Waals surface area contributed by atoms with Crippen molar-refractivity contribution in [2.24, 2.45) is 0 Å². The van der Waals surface area contributed by atoms with E-state index < -0.39 is 0 Å². The lowest BCUT2D eigenvalue weighted by atomic mass is 9.85. The molecule has 0 bridgehead atoms. The molecule has 4 nitrogen and oxygen atoms in total. The number of furan rings is 1. The standard InChI is InChI=1S/C61H37N3O/c1-4-19-38(20-5-1)54-43-25-10-14-29-47(43)56(48-30-15-11-26-44(48)54)52-34-18-33-51-42-36-35-41(37-53(42)65-58(51)52)55-45-27-12-16-31-49(45)57(50-32-17-13-28-46(50)55)61-63-59(39-21-6-2-7-22-39)62-60(64-61)40-23-8-3-9-24-40/h1-37H. The molecule has 0 fully saturated rings. The minimum absolute atomic E-state index is 0.633. The summed E-state index contributed by atoms with van der Waals surface area (Å²) in [5, 5.41) is 11.3. The summed E-state index contributed by atoms with van der Waals surface area (Å²) in [7, 11) is 0. The fourth-order valence-corrected chi connectivity index (χ4v) is 10.1. The predicted molar refractivity (Wildman–Crippen MR) is 270 cm³/mol. The van der Waals surface area contributed by atoms with E-state index in [-0.39, 0.29) is 0 Å². The third kappa shape index (κ3) is 5.96. The number of benzene rings is 11. The number of hydrogen-bond acceptors (Lipinski definition) is 4. The maximum absolute atomic E-state index is 7.11. The van der Waals surface area contributed by atoms with Crippen LogP contribution >= 0.6 is 0 Å². The van der Waals surface area contributed by atoms with Crippen LogP contribution in [0.2, 0.25) is 0 Å². The molecule has 0 aliphatic heterocycles. The monoisotopic (exact) mass is 827 g/mol. The van der Waals surface area contributed by atoms with E-state index in [9.17, 15) is 0 Å². The van der Waals surface area contributed by atoms with Crippen molar-refractivity contribution < 1.29 is 4.42 Å². The van der Waals surface area contributed by atoms with Crippen LogP contribution in [0.25, 0.3) is 133 Å². The van der Waals surface area contributed by atoms with Gasteiger partial charge in [-0.05, 0) is 77.5 Å². The molecule has 0 amide bonds. The first-order chi connectivity index (χ1) is 32.3. The molecule has 13 rings (SSSR count). The fraction of sp³-hybridized carbons (Fsp3) is 0. The number of nitrogens with zero attached hydrogens (tertiary/aromatic N) is 3. The molecule has 11 aromatic carbocycles. The number of hydrogen-bond donors (Lipinski definition) is 0. The molecule has 0 atom stereocenters. The van der Waals surface area contributed by atoms with E-state index >= 15 is 0 Å². The zero-order valence-electron chi connectivity index (χ0n) is 35.1. The Morgan fingerprint density at radius 2 is 0.631 bits per heavy atom. The van der Waals surface area contributed by atoms with Gasteiger partial charge in [-0.25, -0.2) is 15.0 Å². The Balaban J connectivity index is 1.03.